The molecular weight excluding hydrogens is 320 g/mol. The number of rotatable bonds is 2. The third-order valence-corrected chi connectivity index (χ3v) is 4.46. The molecule has 0 aromatic carbocycles. The molecule has 1 unspecified atom stereocenters. The molecule has 3 rings (SSSR count). The van der Waals surface area contributed by atoms with E-state index in [9.17, 15) is 9.59 Å². The predicted molar refractivity (Wildman–Crippen MR) is 94.4 cm³/mol. The van der Waals surface area contributed by atoms with Crippen molar-refractivity contribution in [2.75, 3.05) is 25.4 Å². The highest BCUT2D eigenvalue weighted by atomic mass is 16.5. The van der Waals surface area contributed by atoms with Crippen LogP contribution < -0.4 is 11.3 Å². The molecule has 132 valence electrons. The van der Waals surface area contributed by atoms with Gasteiger partial charge >= 0.3 is 0 Å². The first kappa shape index (κ1) is 17.2. The topological polar surface area (TPSA) is 90.5 Å². The fourth-order valence-electron chi connectivity index (χ4n) is 2.96. The van der Waals surface area contributed by atoms with E-state index in [1.807, 2.05) is 13.8 Å². The molecule has 0 bridgehead atoms. The van der Waals surface area contributed by atoms with Crippen LogP contribution in [-0.4, -0.2) is 40.1 Å². The minimum Gasteiger partial charge on any atom is -0.399 e. The van der Waals surface area contributed by atoms with E-state index >= 15 is 0 Å². The molecule has 0 spiro atoms. The lowest BCUT2D eigenvalue weighted by Gasteiger charge is -2.32. The van der Waals surface area contributed by atoms with Crippen molar-refractivity contribution in [3.8, 4) is 0 Å². The molecule has 1 amide bonds. The standard InChI is InChI=1S/C18H22N4O3/c1-11-8-13(19)9-15(20-11)16-10-22(6-7-25-16)18(24)14-5-4-12(2)21(3)17(14)23/h4-5,8-9,16H,6-7,10H2,1-3H3,(H2,19,20). The molecule has 3 heterocycles. The predicted octanol–water partition coefficient (Wildman–Crippen LogP) is 1.19. The van der Waals surface area contributed by atoms with Gasteiger partial charge in [0.2, 0.25) is 0 Å². The number of nitrogen functional groups attached to an aromatic ring is 1. The molecule has 25 heavy (non-hydrogen) atoms. The molecule has 2 aromatic rings. The third kappa shape index (κ3) is 3.41. The van der Waals surface area contributed by atoms with Crippen LogP contribution in [0.5, 0.6) is 0 Å². The van der Waals surface area contributed by atoms with Crippen LogP contribution >= 0.6 is 0 Å². The summed E-state index contributed by atoms with van der Waals surface area (Å²) < 4.78 is 7.25. The molecular formula is C18H22N4O3. The van der Waals surface area contributed by atoms with Crippen molar-refractivity contribution in [1.82, 2.24) is 14.5 Å². The highest BCUT2D eigenvalue weighted by Gasteiger charge is 2.28. The fraction of sp³-hybridized carbons (Fsp3) is 0.389. The van der Waals surface area contributed by atoms with Gasteiger partial charge < -0.3 is 19.9 Å². The molecule has 1 atom stereocenters. The maximum Gasteiger partial charge on any atom is 0.263 e. The van der Waals surface area contributed by atoms with Gasteiger partial charge in [-0.2, -0.15) is 0 Å². The molecule has 7 heteroatoms. The van der Waals surface area contributed by atoms with Crippen LogP contribution in [0.3, 0.4) is 0 Å². The summed E-state index contributed by atoms with van der Waals surface area (Å²) >= 11 is 0. The number of aryl methyl sites for hydroxylation is 2. The Hall–Kier alpha value is -2.67. The second-order valence-corrected chi connectivity index (χ2v) is 6.33. The highest BCUT2D eigenvalue weighted by Crippen LogP contribution is 2.23. The van der Waals surface area contributed by atoms with E-state index < -0.39 is 0 Å². The van der Waals surface area contributed by atoms with Crippen LogP contribution in [0.2, 0.25) is 0 Å². The van der Waals surface area contributed by atoms with Gasteiger partial charge in [0.1, 0.15) is 11.7 Å². The summed E-state index contributed by atoms with van der Waals surface area (Å²) in [5, 5.41) is 0. The lowest BCUT2D eigenvalue weighted by atomic mass is 10.1. The Morgan fingerprint density at radius 3 is 2.80 bits per heavy atom. The monoisotopic (exact) mass is 342 g/mol. The van der Waals surface area contributed by atoms with Crippen LogP contribution in [-0.2, 0) is 11.8 Å². The molecule has 0 aliphatic carbocycles. The second-order valence-electron chi connectivity index (χ2n) is 6.33. The number of amides is 1. The number of aromatic nitrogens is 2. The molecule has 1 aliphatic heterocycles. The van der Waals surface area contributed by atoms with Gasteiger partial charge in [-0.05, 0) is 38.1 Å². The Kier molecular flexibility index (Phi) is 4.59. The van der Waals surface area contributed by atoms with Gasteiger partial charge in [0, 0.05) is 30.7 Å². The van der Waals surface area contributed by atoms with Gasteiger partial charge in [0.25, 0.3) is 11.5 Å². The zero-order valence-electron chi connectivity index (χ0n) is 14.7. The number of pyridine rings is 2. The van der Waals surface area contributed by atoms with Crippen molar-refractivity contribution in [2.45, 2.75) is 20.0 Å². The van der Waals surface area contributed by atoms with Gasteiger partial charge in [-0.15, -0.1) is 0 Å². The first-order valence-electron chi connectivity index (χ1n) is 8.18. The van der Waals surface area contributed by atoms with Crippen LogP contribution in [0.25, 0.3) is 0 Å². The lowest BCUT2D eigenvalue weighted by Crippen LogP contribution is -2.44. The summed E-state index contributed by atoms with van der Waals surface area (Å²) in [5.74, 6) is -0.283. The average molecular weight is 342 g/mol. The molecule has 2 N–H and O–H groups in total. The number of hydrogen-bond donors (Lipinski definition) is 1. The summed E-state index contributed by atoms with van der Waals surface area (Å²) in [7, 11) is 1.66. The quantitative estimate of drug-likeness (QED) is 0.885. The number of morpholine rings is 1. The van der Waals surface area contributed by atoms with E-state index in [0.717, 1.165) is 11.4 Å². The zero-order chi connectivity index (χ0) is 18.1. The fourth-order valence-corrected chi connectivity index (χ4v) is 2.96. The Morgan fingerprint density at radius 1 is 1.32 bits per heavy atom. The first-order chi connectivity index (χ1) is 11.9. The van der Waals surface area contributed by atoms with E-state index in [2.05, 4.69) is 4.98 Å². The van der Waals surface area contributed by atoms with Crippen LogP contribution in [0.1, 0.15) is 33.5 Å². The van der Waals surface area contributed by atoms with Crippen molar-refractivity contribution >= 4 is 11.6 Å². The van der Waals surface area contributed by atoms with Crippen molar-refractivity contribution in [2.24, 2.45) is 7.05 Å². The Morgan fingerprint density at radius 2 is 2.08 bits per heavy atom. The van der Waals surface area contributed by atoms with E-state index in [0.29, 0.717) is 31.1 Å². The lowest BCUT2D eigenvalue weighted by molar-refractivity contribution is -0.0248. The summed E-state index contributed by atoms with van der Waals surface area (Å²) in [6, 6.07) is 6.91. The van der Waals surface area contributed by atoms with Gasteiger partial charge in [-0.25, -0.2) is 0 Å². The van der Waals surface area contributed by atoms with Gasteiger partial charge in [0.15, 0.2) is 0 Å². The Balaban J connectivity index is 1.85. The third-order valence-electron chi connectivity index (χ3n) is 4.46. The average Bonchev–Trinajstić information content (AvgIpc) is 2.58. The van der Waals surface area contributed by atoms with E-state index in [4.69, 9.17) is 10.5 Å². The molecule has 0 radical (unpaired) electrons. The normalized spacial score (nSPS) is 17.6. The molecule has 1 aliphatic rings. The minimum atomic E-state index is -0.353. The smallest absolute Gasteiger partial charge is 0.263 e. The van der Waals surface area contributed by atoms with Crippen molar-refractivity contribution in [3.05, 3.63) is 57.3 Å². The minimum absolute atomic E-state index is 0.172. The zero-order valence-corrected chi connectivity index (χ0v) is 14.7. The number of carbonyl (C=O) groups is 1. The highest BCUT2D eigenvalue weighted by molar-refractivity contribution is 5.94. The maximum atomic E-state index is 12.8. The molecule has 1 fully saturated rings. The second kappa shape index (κ2) is 6.68. The molecule has 0 saturated carbocycles. The molecule has 1 saturated heterocycles. The number of anilines is 1. The van der Waals surface area contributed by atoms with Crippen molar-refractivity contribution in [1.29, 1.82) is 0 Å². The summed E-state index contributed by atoms with van der Waals surface area (Å²) in [6.45, 7) is 4.85. The van der Waals surface area contributed by atoms with Crippen LogP contribution in [0, 0.1) is 13.8 Å². The Bertz CT molecular complexity index is 855. The van der Waals surface area contributed by atoms with Gasteiger partial charge in [-0.1, -0.05) is 0 Å². The number of hydrogen-bond acceptors (Lipinski definition) is 5. The summed E-state index contributed by atoms with van der Waals surface area (Å²) in [6.07, 6.45) is -0.353. The first-order valence-corrected chi connectivity index (χ1v) is 8.18. The number of nitrogens with zero attached hydrogens (tertiary/aromatic N) is 3. The van der Waals surface area contributed by atoms with E-state index in [1.165, 1.54) is 4.57 Å². The summed E-state index contributed by atoms with van der Waals surface area (Å²) in [5.41, 5.74) is 8.69. The number of carbonyl (C=O) groups excluding carboxylic acids is 1. The Labute approximate surface area is 146 Å². The van der Waals surface area contributed by atoms with E-state index in [-0.39, 0.29) is 23.1 Å². The summed E-state index contributed by atoms with van der Waals surface area (Å²) in [4.78, 5) is 31.3. The van der Waals surface area contributed by atoms with Crippen molar-refractivity contribution in [3.63, 3.8) is 0 Å². The molecule has 2 aromatic heterocycles. The SMILES string of the molecule is Cc1cc(N)cc(C2CN(C(=O)c3ccc(C)n(C)c3=O)CCO2)n1. The van der Waals surface area contributed by atoms with Crippen molar-refractivity contribution < 1.29 is 9.53 Å². The van der Waals surface area contributed by atoms with Crippen LogP contribution in [0.15, 0.2) is 29.1 Å². The number of ether oxygens (including phenoxy) is 1. The largest absolute Gasteiger partial charge is 0.399 e. The number of nitrogens with two attached hydrogens (primary N) is 1. The van der Waals surface area contributed by atoms with Crippen LogP contribution in [0.4, 0.5) is 5.69 Å². The van der Waals surface area contributed by atoms with Gasteiger partial charge in [-0.3, -0.25) is 14.6 Å². The molecule has 7 nitrogen and oxygen atoms in total. The van der Waals surface area contributed by atoms with Gasteiger partial charge in [0.05, 0.1) is 18.8 Å². The van der Waals surface area contributed by atoms with E-state index in [1.54, 1.807) is 36.2 Å². The maximum absolute atomic E-state index is 12.8.